The number of carbonyl (C=O) groups is 1. The van der Waals surface area contributed by atoms with E-state index in [-0.39, 0.29) is 24.5 Å². The van der Waals surface area contributed by atoms with Crippen molar-refractivity contribution in [3.8, 4) is 0 Å². The molecule has 1 aliphatic carbocycles. The Bertz CT molecular complexity index is 1480. The number of methoxy groups -OCH3 is 1. The van der Waals surface area contributed by atoms with Gasteiger partial charge < -0.3 is 35.5 Å². The van der Waals surface area contributed by atoms with E-state index in [1.807, 2.05) is 17.2 Å². The third-order valence-corrected chi connectivity index (χ3v) is 10.4. The van der Waals surface area contributed by atoms with Crippen LogP contribution in [0, 0.1) is 5.92 Å². The summed E-state index contributed by atoms with van der Waals surface area (Å²) in [6.07, 6.45) is 13.9. The van der Waals surface area contributed by atoms with Crippen LogP contribution in [0.3, 0.4) is 0 Å². The van der Waals surface area contributed by atoms with E-state index in [0.29, 0.717) is 42.2 Å². The SMILES string of the molecule is CO[C@H]1CCN(c2nccc(Nc3cc4c(cn3)c(C(=O)NC3CCN(CCC[C@H]5CC[C@H](N)CC5)CC3)cn4C(C)C)n2)C[C@H]1F. The number of hydrogen-bond acceptors (Lipinski definition) is 9. The number of hydrogen-bond donors (Lipinski definition) is 3. The van der Waals surface area contributed by atoms with Crippen LogP contribution in [0.4, 0.5) is 22.0 Å². The van der Waals surface area contributed by atoms with E-state index >= 15 is 0 Å². The lowest BCUT2D eigenvalue weighted by Crippen LogP contribution is -2.46. The summed E-state index contributed by atoms with van der Waals surface area (Å²) < 4.78 is 21.9. The summed E-state index contributed by atoms with van der Waals surface area (Å²) >= 11 is 0. The van der Waals surface area contributed by atoms with Crippen molar-refractivity contribution in [1.29, 1.82) is 0 Å². The number of aromatic nitrogens is 4. The first-order valence-electron chi connectivity index (χ1n) is 17.6. The Labute approximate surface area is 277 Å². The zero-order chi connectivity index (χ0) is 32.9. The number of nitrogens with zero attached hydrogens (tertiary/aromatic N) is 6. The predicted molar refractivity (Wildman–Crippen MR) is 184 cm³/mol. The number of ether oxygens (including phenoxy) is 1. The molecule has 2 aliphatic heterocycles. The Morgan fingerprint density at radius 3 is 2.60 bits per heavy atom. The third kappa shape index (κ3) is 8.21. The monoisotopic (exact) mass is 649 g/mol. The van der Waals surface area contributed by atoms with Gasteiger partial charge in [0.25, 0.3) is 5.91 Å². The van der Waals surface area contributed by atoms with Gasteiger partial charge in [0.2, 0.25) is 5.95 Å². The molecule has 3 fully saturated rings. The van der Waals surface area contributed by atoms with Crippen molar-refractivity contribution < 1.29 is 13.9 Å². The van der Waals surface area contributed by atoms with Crippen LogP contribution in [0.1, 0.15) is 88.0 Å². The third-order valence-electron chi connectivity index (χ3n) is 10.4. The minimum Gasteiger partial charge on any atom is -0.378 e. The van der Waals surface area contributed by atoms with Crippen molar-refractivity contribution in [2.75, 3.05) is 50.1 Å². The van der Waals surface area contributed by atoms with E-state index in [1.165, 1.54) is 38.5 Å². The number of nitrogens with one attached hydrogen (secondary N) is 2. The molecular weight excluding hydrogens is 597 g/mol. The van der Waals surface area contributed by atoms with Crippen molar-refractivity contribution in [2.45, 2.75) is 102 Å². The Morgan fingerprint density at radius 2 is 1.87 bits per heavy atom. The van der Waals surface area contributed by atoms with Gasteiger partial charge in [0.1, 0.15) is 17.8 Å². The van der Waals surface area contributed by atoms with Crippen LogP contribution in [-0.4, -0.2) is 94.5 Å². The number of nitrogens with two attached hydrogens (primary N) is 1. The summed E-state index contributed by atoms with van der Waals surface area (Å²) in [5.41, 5.74) is 7.64. The summed E-state index contributed by atoms with van der Waals surface area (Å²) in [4.78, 5) is 31.7. The molecule has 1 amide bonds. The van der Waals surface area contributed by atoms with E-state index in [4.69, 9.17) is 10.5 Å². The molecule has 1 saturated carbocycles. The molecule has 0 aromatic carbocycles. The van der Waals surface area contributed by atoms with Gasteiger partial charge in [-0.05, 0) is 90.2 Å². The number of likely N-dealkylation sites (tertiary alicyclic amines) is 1. The molecule has 0 spiro atoms. The minimum absolute atomic E-state index is 0.0466. The topological polar surface area (TPSA) is 126 Å². The molecule has 2 atom stereocenters. The van der Waals surface area contributed by atoms with Crippen molar-refractivity contribution in [2.24, 2.45) is 11.7 Å². The number of piperidine rings is 2. The highest BCUT2D eigenvalue weighted by Gasteiger charge is 2.30. The number of fused-ring (bicyclic) bond motifs is 1. The molecule has 11 nitrogen and oxygen atoms in total. The van der Waals surface area contributed by atoms with E-state index in [2.05, 4.69) is 48.9 Å². The van der Waals surface area contributed by atoms with Crippen LogP contribution in [0.5, 0.6) is 0 Å². The highest BCUT2D eigenvalue weighted by Crippen LogP contribution is 2.29. The molecule has 6 rings (SSSR count). The maximum Gasteiger partial charge on any atom is 0.253 e. The van der Waals surface area contributed by atoms with Crippen LogP contribution in [-0.2, 0) is 4.74 Å². The van der Waals surface area contributed by atoms with Gasteiger partial charge in [0.05, 0.1) is 23.7 Å². The number of amides is 1. The molecule has 47 heavy (non-hydrogen) atoms. The van der Waals surface area contributed by atoms with Crippen molar-refractivity contribution in [1.82, 2.24) is 29.7 Å². The average molecular weight is 650 g/mol. The molecule has 4 N–H and O–H groups in total. The zero-order valence-electron chi connectivity index (χ0n) is 28.2. The predicted octanol–water partition coefficient (Wildman–Crippen LogP) is 5.21. The number of halogens is 1. The minimum atomic E-state index is -1.09. The maximum absolute atomic E-state index is 14.5. The van der Waals surface area contributed by atoms with Gasteiger partial charge in [-0.15, -0.1) is 0 Å². The first-order valence-corrected chi connectivity index (χ1v) is 17.6. The lowest BCUT2D eigenvalue weighted by molar-refractivity contribution is 0.0194. The average Bonchev–Trinajstić information content (AvgIpc) is 3.46. The molecule has 0 unspecified atom stereocenters. The molecule has 5 heterocycles. The molecule has 3 aromatic heterocycles. The van der Waals surface area contributed by atoms with E-state index in [9.17, 15) is 9.18 Å². The highest BCUT2D eigenvalue weighted by atomic mass is 19.1. The van der Waals surface area contributed by atoms with Gasteiger partial charge in [0.15, 0.2) is 0 Å². The molecular formula is C35H52FN9O2. The van der Waals surface area contributed by atoms with Gasteiger partial charge in [-0.3, -0.25) is 4.79 Å². The highest BCUT2D eigenvalue weighted by molar-refractivity contribution is 6.07. The fourth-order valence-electron chi connectivity index (χ4n) is 7.50. The molecule has 3 aromatic rings. The summed E-state index contributed by atoms with van der Waals surface area (Å²) in [5.74, 6) is 2.44. The molecule has 2 saturated heterocycles. The Hall–Kier alpha value is -3.35. The van der Waals surface area contributed by atoms with E-state index < -0.39 is 12.3 Å². The lowest BCUT2D eigenvalue weighted by Gasteiger charge is -2.33. The van der Waals surface area contributed by atoms with Crippen LogP contribution in [0.2, 0.25) is 0 Å². The second kappa shape index (κ2) is 15.3. The number of alkyl halides is 1. The van der Waals surface area contributed by atoms with E-state index in [1.54, 1.807) is 25.6 Å². The lowest BCUT2D eigenvalue weighted by atomic mass is 9.84. The van der Waals surface area contributed by atoms with Gasteiger partial charge in [-0.25, -0.2) is 14.4 Å². The summed E-state index contributed by atoms with van der Waals surface area (Å²) in [5, 5.41) is 7.43. The fourth-order valence-corrected chi connectivity index (χ4v) is 7.50. The number of carbonyl (C=O) groups excluding carboxylic acids is 1. The molecule has 3 aliphatic rings. The fraction of sp³-hybridized carbons (Fsp3) is 0.657. The molecule has 256 valence electrons. The van der Waals surface area contributed by atoms with Crippen molar-refractivity contribution in [3.63, 3.8) is 0 Å². The molecule has 0 radical (unpaired) electrons. The normalized spacial score (nSPS) is 24.6. The summed E-state index contributed by atoms with van der Waals surface area (Å²) in [6.45, 7) is 8.22. The van der Waals surface area contributed by atoms with E-state index in [0.717, 1.165) is 49.3 Å². The van der Waals surface area contributed by atoms with Gasteiger partial charge in [-0.2, -0.15) is 4.98 Å². The number of pyridine rings is 1. The van der Waals surface area contributed by atoms with Crippen LogP contribution < -0.4 is 21.3 Å². The Balaban J connectivity index is 1.05. The van der Waals surface area contributed by atoms with Crippen molar-refractivity contribution in [3.05, 3.63) is 36.3 Å². The van der Waals surface area contributed by atoms with Gasteiger partial charge in [0, 0.05) is 74.9 Å². The zero-order valence-corrected chi connectivity index (χ0v) is 28.2. The van der Waals surface area contributed by atoms with Crippen molar-refractivity contribution >= 4 is 34.4 Å². The van der Waals surface area contributed by atoms with Crippen LogP contribution in [0.15, 0.2) is 30.7 Å². The quantitative estimate of drug-likeness (QED) is 0.257. The molecule has 12 heteroatoms. The summed E-state index contributed by atoms with van der Waals surface area (Å²) in [6, 6.07) is 4.46. The van der Waals surface area contributed by atoms with Crippen LogP contribution >= 0.6 is 0 Å². The Kier molecular flexibility index (Phi) is 10.9. The first kappa shape index (κ1) is 33.5. The number of anilines is 3. The summed E-state index contributed by atoms with van der Waals surface area (Å²) in [7, 11) is 1.55. The molecule has 0 bridgehead atoms. The number of rotatable bonds is 11. The largest absolute Gasteiger partial charge is 0.378 e. The Morgan fingerprint density at radius 1 is 1.09 bits per heavy atom. The smallest absolute Gasteiger partial charge is 0.253 e. The van der Waals surface area contributed by atoms with Crippen LogP contribution in [0.25, 0.3) is 10.9 Å². The second-order valence-electron chi connectivity index (χ2n) is 14.0. The standard InChI is InChI=1S/C35H52FN9O2/c1-23(2)45-21-28(34(46)40-26-11-16-43(17-12-26)15-4-5-24-6-8-25(37)9-7-24)27-20-39-33(19-30(27)45)41-32-10-14-38-35(42-32)44-18-13-31(47-3)29(36)22-44/h10,14,19-21,23-26,29,31H,4-9,11-13,15-18,22,37H2,1-3H3,(H,40,46)(H,38,39,41,42)/t24-,25-,29-,31+/m1/s1. The van der Waals surface area contributed by atoms with Gasteiger partial charge in [-0.1, -0.05) is 0 Å². The van der Waals surface area contributed by atoms with Gasteiger partial charge >= 0.3 is 0 Å². The maximum atomic E-state index is 14.5. The first-order chi connectivity index (χ1) is 22.8. The second-order valence-corrected chi connectivity index (χ2v) is 14.0.